The van der Waals surface area contributed by atoms with Gasteiger partial charge >= 0.3 is 5.97 Å². The molecule has 0 spiro atoms. The van der Waals surface area contributed by atoms with Gasteiger partial charge in [0.15, 0.2) is 0 Å². The molecule has 2 atom stereocenters. The summed E-state index contributed by atoms with van der Waals surface area (Å²) >= 11 is 0. The SMILES string of the molecule is Cc1cccc(O[C@H]2CCC[C@H](OCc3coc(-c4ccc(F)cc4)n3)C2)c1C(=O)O. The Labute approximate surface area is 179 Å². The van der Waals surface area contributed by atoms with Gasteiger partial charge in [-0.1, -0.05) is 12.1 Å². The third kappa shape index (κ3) is 5.11. The van der Waals surface area contributed by atoms with Crippen molar-refractivity contribution in [2.45, 2.75) is 51.4 Å². The Kier molecular flexibility index (Phi) is 6.32. The zero-order chi connectivity index (χ0) is 21.8. The van der Waals surface area contributed by atoms with E-state index in [-0.39, 0.29) is 23.6 Å². The quantitative estimate of drug-likeness (QED) is 0.546. The maximum Gasteiger partial charge on any atom is 0.339 e. The van der Waals surface area contributed by atoms with Crippen molar-refractivity contribution >= 4 is 5.97 Å². The van der Waals surface area contributed by atoms with E-state index >= 15 is 0 Å². The highest BCUT2D eigenvalue weighted by Gasteiger charge is 2.26. The lowest BCUT2D eigenvalue weighted by molar-refractivity contribution is -0.0176. The van der Waals surface area contributed by atoms with Gasteiger partial charge in [-0.15, -0.1) is 0 Å². The maximum atomic E-state index is 13.1. The van der Waals surface area contributed by atoms with Gasteiger partial charge in [0.25, 0.3) is 0 Å². The summed E-state index contributed by atoms with van der Waals surface area (Å²) in [5, 5.41) is 9.50. The third-order valence-corrected chi connectivity index (χ3v) is 5.43. The van der Waals surface area contributed by atoms with Crippen LogP contribution in [-0.4, -0.2) is 28.3 Å². The second-order valence-corrected chi connectivity index (χ2v) is 7.74. The Morgan fingerprint density at radius 1 is 1.19 bits per heavy atom. The molecular weight excluding hydrogens is 401 g/mol. The fourth-order valence-electron chi connectivity index (χ4n) is 3.85. The molecule has 0 bridgehead atoms. The average Bonchev–Trinajstić information content (AvgIpc) is 3.22. The number of carboxylic acid groups (broad SMARTS) is 1. The second-order valence-electron chi connectivity index (χ2n) is 7.74. The number of oxazole rings is 1. The molecule has 1 saturated carbocycles. The van der Waals surface area contributed by atoms with E-state index in [4.69, 9.17) is 13.9 Å². The minimum absolute atomic E-state index is 0.0113. The number of aromatic carboxylic acids is 1. The molecule has 1 heterocycles. The number of hydrogen-bond acceptors (Lipinski definition) is 5. The molecule has 1 N–H and O–H groups in total. The zero-order valence-electron chi connectivity index (χ0n) is 17.2. The lowest BCUT2D eigenvalue weighted by atomic mass is 9.94. The fourth-order valence-corrected chi connectivity index (χ4v) is 3.85. The van der Waals surface area contributed by atoms with E-state index in [1.807, 2.05) is 0 Å². The standard InChI is InChI=1S/C24H24FNO5/c1-15-4-2-7-21(22(15)24(27)28)31-20-6-3-5-19(12-20)29-13-18-14-30-23(26-18)16-8-10-17(25)11-9-16/h2,4,7-11,14,19-20H,3,5-6,12-13H2,1H3,(H,27,28)/t19-,20-/m0/s1. The molecule has 0 saturated heterocycles. The van der Waals surface area contributed by atoms with Gasteiger partial charge in [0.2, 0.25) is 5.89 Å². The summed E-state index contributed by atoms with van der Waals surface area (Å²) in [6, 6.07) is 11.2. The minimum atomic E-state index is -0.986. The summed E-state index contributed by atoms with van der Waals surface area (Å²) in [6.07, 6.45) is 4.79. The van der Waals surface area contributed by atoms with Crippen molar-refractivity contribution in [3.63, 3.8) is 0 Å². The van der Waals surface area contributed by atoms with Gasteiger partial charge in [-0.2, -0.15) is 0 Å². The lowest BCUT2D eigenvalue weighted by Crippen LogP contribution is -2.30. The van der Waals surface area contributed by atoms with Crippen LogP contribution in [0, 0.1) is 12.7 Å². The van der Waals surface area contributed by atoms with E-state index in [9.17, 15) is 14.3 Å². The number of ether oxygens (including phenoxy) is 2. The van der Waals surface area contributed by atoms with E-state index in [1.54, 1.807) is 43.5 Å². The van der Waals surface area contributed by atoms with Gasteiger partial charge in [-0.25, -0.2) is 14.2 Å². The van der Waals surface area contributed by atoms with Gasteiger partial charge < -0.3 is 19.0 Å². The predicted octanol–water partition coefficient (Wildman–Crippen LogP) is 5.39. The van der Waals surface area contributed by atoms with Crippen molar-refractivity contribution in [1.82, 2.24) is 4.98 Å². The summed E-state index contributed by atoms with van der Waals surface area (Å²) < 4.78 is 30.6. The highest BCUT2D eigenvalue weighted by atomic mass is 19.1. The number of carboxylic acids is 1. The molecule has 0 radical (unpaired) electrons. The highest BCUT2D eigenvalue weighted by molar-refractivity contribution is 5.92. The minimum Gasteiger partial charge on any atom is -0.489 e. The van der Waals surface area contributed by atoms with Crippen molar-refractivity contribution in [1.29, 1.82) is 0 Å². The molecule has 1 aromatic heterocycles. The van der Waals surface area contributed by atoms with Crippen LogP contribution in [0.4, 0.5) is 4.39 Å². The number of aromatic nitrogens is 1. The molecule has 6 nitrogen and oxygen atoms in total. The van der Waals surface area contributed by atoms with Crippen LogP contribution in [0.5, 0.6) is 5.75 Å². The fraction of sp³-hybridized carbons (Fsp3) is 0.333. The molecule has 1 fully saturated rings. The predicted molar refractivity (Wildman–Crippen MR) is 111 cm³/mol. The molecular formula is C24H24FNO5. The number of rotatable bonds is 7. The summed E-state index contributed by atoms with van der Waals surface area (Å²) in [6.45, 7) is 2.06. The van der Waals surface area contributed by atoms with Gasteiger partial charge in [-0.05, 0) is 62.1 Å². The van der Waals surface area contributed by atoms with Gasteiger partial charge in [0, 0.05) is 12.0 Å². The maximum absolute atomic E-state index is 13.1. The number of benzene rings is 2. The van der Waals surface area contributed by atoms with E-state index in [1.165, 1.54) is 12.1 Å². The molecule has 0 aliphatic heterocycles. The van der Waals surface area contributed by atoms with Gasteiger partial charge in [0.1, 0.15) is 35.2 Å². The van der Waals surface area contributed by atoms with Crippen LogP contribution in [0.2, 0.25) is 0 Å². The second kappa shape index (κ2) is 9.31. The number of halogens is 1. The number of nitrogens with zero attached hydrogens (tertiary/aromatic N) is 1. The van der Waals surface area contributed by atoms with E-state index < -0.39 is 5.97 Å². The summed E-state index contributed by atoms with van der Waals surface area (Å²) in [5.74, 6) is -0.475. The molecule has 31 heavy (non-hydrogen) atoms. The first-order chi connectivity index (χ1) is 15.0. The summed E-state index contributed by atoms with van der Waals surface area (Å²) in [7, 11) is 0. The van der Waals surface area contributed by atoms with Crippen molar-refractivity contribution in [3.8, 4) is 17.2 Å². The number of aryl methyl sites for hydroxylation is 1. The Balaban J connectivity index is 1.34. The molecule has 0 unspecified atom stereocenters. The first-order valence-corrected chi connectivity index (χ1v) is 10.3. The third-order valence-electron chi connectivity index (χ3n) is 5.43. The van der Waals surface area contributed by atoms with Crippen molar-refractivity contribution in [3.05, 3.63) is 71.4 Å². The topological polar surface area (TPSA) is 81.8 Å². The van der Waals surface area contributed by atoms with Crippen LogP contribution in [-0.2, 0) is 11.3 Å². The molecule has 3 aromatic rings. The molecule has 0 amide bonds. The van der Waals surface area contributed by atoms with Crippen molar-refractivity contribution in [2.75, 3.05) is 0 Å². The Bertz CT molecular complexity index is 1050. The molecule has 1 aliphatic carbocycles. The molecule has 7 heteroatoms. The van der Waals surface area contributed by atoms with Crippen LogP contribution < -0.4 is 4.74 Å². The number of hydrogen-bond donors (Lipinski definition) is 1. The molecule has 4 rings (SSSR count). The van der Waals surface area contributed by atoms with E-state index in [0.717, 1.165) is 19.3 Å². The first kappa shape index (κ1) is 21.1. The molecule has 1 aliphatic rings. The summed E-state index contributed by atoms with van der Waals surface area (Å²) in [4.78, 5) is 16.0. The molecule has 2 aromatic carbocycles. The Hall–Kier alpha value is -3.19. The Morgan fingerprint density at radius 3 is 2.74 bits per heavy atom. The van der Waals surface area contributed by atoms with Crippen LogP contribution in [0.25, 0.3) is 11.5 Å². The van der Waals surface area contributed by atoms with Crippen LogP contribution in [0.1, 0.15) is 47.3 Å². The van der Waals surface area contributed by atoms with Gasteiger partial charge in [-0.3, -0.25) is 0 Å². The van der Waals surface area contributed by atoms with Crippen LogP contribution in [0.15, 0.2) is 53.1 Å². The monoisotopic (exact) mass is 425 g/mol. The zero-order valence-corrected chi connectivity index (χ0v) is 17.2. The largest absolute Gasteiger partial charge is 0.489 e. The molecule has 162 valence electrons. The average molecular weight is 425 g/mol. The Morgan fingerprint density at radius 2 is 1.97 bits per heavy atom. The smallest absolute Gasteiger partial charge is 0.339 e. The van der Waals surface area contributed by atoms with Gasteiger partial charge in [0.05, 0.1) is 12.7 Å². The van der Waals surface area contributed by atoms with Crippen molar-refractivity contribution in [2.24, 2.45) is 0 Å². The van der Waals surface area contributed by atoms with Crippen LogP contribution >= 0.6 is 0 Å². The number of carbonyl (C=O) groups is 1. The lowest BCUT2D eigenvalue weighted by Gasteiger charge is -2.30. The van der Waals surface area contributed by atoms with Crippen LogP contribution in [0.3, 0.4) is 0 Å². The van der Waals surface area contributed by atoms with E-state index in [0.29, 0.717) is 41.5 Å². The summed E-state index contributed by atoms with van der Waals surface area (Å²) in [5.41, 5.74) is 2.25. The highest BCUT2D eigenvalue weighted by Crippen LogP contribution is 2.29. The van der Waals surface area contributed by atoms with Crippen molar-refractivity contribution < 1.29 is 28.2 Å². The first-order valence-electron chi connectivity index (χ1n) is 10.3. The van der Waals surface area contributed by atoms with E-state index in [2.05, 4.69) is 4.98 Å². The normalized spacial score (nSPS) is 18.6.